The molecule has 2 heterocycles. The summed E-state index contributed by atoms with van der Waals surface area (Å²) in [5.74, 6) is 1.28. The maximum absolute atomic E-state index is 12.8. The molecule has 0 bridgehead atoms. The number of fused-ring (bicyclic) bond motifs is 1. The summed E-state index contributed by atoms with van der Waals surface area (Å²) in [4.78, 5) is 29.1. The van der Waals surface area contributed by atoms with Gasteiger partial charge in [-0.15, -0.1) is 0 Å². The van der Waals surface area contributed by atoms with Crippen LogP contribution in [0.4, 0.5) is 0 Å². The number of carbonyl (C=O) groups is 1. The molecule has 0 saturated heterocycles. The first-order chi connectivity index (χ1) is 14.5. The molecular formula is C24H22N2O4. The molecule has 0 aliphatic heterocycles. The smallest absolute Gasteiger partial charge is 0.289 e. The van der Waals surface area contributed by atoms with Crippen molar-refractivity contribution < 1.29 is 13.9 Å². The van der Waals surface area contributed by atoms with Crippen LogP contribution in [0.15, 0.2) is 75.9 Å². The van der Waals surface area contributed by atoms with Gasteiger partial charge in [-0.25, -0.2) is 0 Å². The lowest BCUT2D eigenvalue weighted by molar-refractivity contribution is 0.0750. The molecule has 0 aliphatic carbocycles. The third-order valence-corrected chi connectivity index (χ3v) is 4.83. The highest BCUT2D eigenvalue weighted by Crippen LogP contribution is 2.19. The number of aromatic amines is 1. The second kappa shape index (κ2) is 8.29. The molecule has 152 valence electrons. The fourth-order valence-electron chi connectivity index (χ4n) is 3.35. The van der Waals surface area contributed by atoms with Gasteiger partial charge in [0.05, 0.1) is 0 Å². The number of carbonyl (C=O) groups excluding carboxylic acids is 1. The minimum atomic E-state index is -0.263. The number of hydrogen-bond acceptors (Lipinski definition) is 4. The molecule has 4 aromatic rings. The van der Waals surface area contributed by atoms with Crippen LogP contribution in [-0.2, 0) is 13.2 Å². The fourth-order valence-corrected chi connectivity index (χ4v) is 3.35. The van der Waals surface area contributed by atoms with Gasteiger partial charge in [0.2, 0.25) is 5.56 Å². The molecule has 4 rings (SSSR count). The summed E-state index contributed by atoms with van der Waals surface area (Å²) in [6, 6.07) is 20.2. The lowest BCUT2D eigenvalue weighted by Gasteiger charge is -2.17. The Morgan fingerprint density at radius 3 is 2.73 bits per heavy atom. The van der Waals surface area contributed by atoms with Gasteiger partial charge in [0.1, 0.15) is 18.1 Å². The molecule has 30 heavy (non-hydrogen) atoms. The largest absolute Gasteiger partial charge is 0.486 e. The van der Waals surface area contributed by atoms with Gasteiger partial charge in [0.15, 0.2) is 5.76 Å². The first kappa shape index (κ1) is 19.5. The number of rotatable bonds is 6. The van der Waals surface area contributed by atoms with E-state index in [0.29, 0.717) is 12.3 Å². The first-order valence-electron chi connectivity index (χ1n) is 9.64. The number of para-hydroxylation sites is 1. The van der Waals surface area contributed by atoms with E-state index in [1.165, 1.54) is 11.0 Å². The van der Waals surface area contributed by atoms with E-state index < -0.39 is 0 Å². The first-order valence-corrected chi connectivity index (χ1v) is 9.64. The van der Waals surface area contributed by atoms with Gasteiger partial charge >= 0.3 is 0 Å². The van der Waals surface area contributed by atoms with Crippen LogP contribution in [0.25, 0.3) is 10.9 Å². The van der Waals surface area contributed by atoms with Crippen LogP contribution >= 0.6 is 0 Å². The summed E-state index contributed by atoms with van der Waals surface area (Å²) < 4.78 is 11.4. The maximum atomic E-state index is 12.8. The zero-order valence-electron chi connectivity index (χ0n) is 16.8. The van der Waals surface area contributed by atoms with Gasteiger partial charge in [-0.3, -0.25) is 9.59 Å². The summed E-state index contributed by atoms with van der Waals surface area (Å²) in [5.41, 5.74) is 2.43. The number of benzene rings is 2. The van der Waals surface area contributed by atoms with Crippen LogP contribution in [0.5, 0.6) is 5.75 Å². The van der Waals surface area contributed by atoms with Gasteiger partial charge in [-0.05, 0) is 48.4 Å². The van der Waals surface area contributed by atoms with Crippen LogP contribution in [0.3, 0.4) is 0 Å². The van der Waals surface area contributed by atoms with E-state index >= 15 is 0 Å². The SMILES string of the molecule is Cc1cccc(OCc2ccc(C(=O)N(C)Cc3cc(=O)[nH]c4ccccc34)o2)c1. The topological polar surface area (TPSA) is 75.5 Å². The zero-order chi connectivity index (χ0) is 21.1. The molecule has 6 nitrogen and oxygen atoms in total. The third-order valence-electron chi connectivity index (χ3n) is 4.83. The van der Waals surface area contributed by atoms with Crippen molar-refractivity contribution in [3.63, 3.8) is 0 Å². The highest BCUT2D eigenvalue weighted by Gasteiger charge is 2.18. The Bertz CT molecular complexity index is 1260. The monoisotopic (exact) mass is 402 g/mol. The Balaban J connectivity index is 1.45. The zero-order valence-corrected chi connectivity index (χ0v) is 16.8. The average Bonchev–Trinajstić information content (AvgIpc) is 3.20. The molecule has 0 aliphatic rings. The van der Waals surface area contributed by atoms with Crippen molar-refractivity contribution in [1.29, 1.82) is 0 Å². The lowest BCUT2D eigenvalue weighted by Crippen LogP contribution is -2.26. The van der Waals surface area contributed by atoms with E-state index in [2.05, 4.69) is 4.98 Å². The van der Waals surface area contributed by atoms with Crippen molar-refractivity contribution in [3.05, 3.63) is 99.7 Å². The molecule has 0 radical (unpaired) electrons. The van der Waals surface area contributed by atoms with Gasteiger partial charge in [0.25, 0.3) is 5.91 Å². The van der Waals surface area contributed by atoms with Crippen molar-refractivity contribution in [2.75, 3.05) is 7.05 Å². The van der Waals surface area contributed by atoms with Gasteiger partial charge in [-0.1, -0.05) is 30.3 Å². The van der Waals surface area contributed by atoms with Crippen LogP contribution in [-0.4, -0.2) is 22.8 Å². The summed E-state index contributed by atoms with van der Waals surface area (Å²) in [6.07, 6.45) is 0. The number of hydrogen-bond donors (Lipinski definition) is 1. The summed E-state index contributed by atoms with van der Waals surface area (Å²) in [6.45, 7) is 2.52. The van der Waals surface area contributed by atoms with Gasteiger partial charge < -0.3 is 19.0 Å². The minimum Gasteiger partial charge on any atom is -0.486 e. The Labute approximate surface area is 173 Å². The normalized spacial score (nSPS) is 10.9. The lowest BCUT2D eigenvalue weighted by atomic mass is 10.1. The Hall–Kier alpha value is -3.80. The van der Waals surface area contributed by atoms with Crippen molar-refractivity contribution in [1.82, 2.24) is 9.88 Å². The van der Waals surface area contributed by atoms with Crippen molar-refractivity contribution in [3.8, 4) is 5.75 Å². The second-order valence-electron chi connectivity index (χ2n) is 7.24. The molecule has 0 atom stereocenters. The Morgan fingerprint density at radius 2 is 1.90 bits per heavy atom. The number of aryl methyl sites for hydroxylation is 1. The number of nitrogens with zero attached hydrogens (tertiary/aromatic N) is 1. The maximum Gasteiger partial charge on any atom is 0.289 e. The molecule has 1 amide bonds. The highest BCUT2D eigenvalue weighted by molar-refractivity contribution is 5.91. The second-order valence-corrected chi connectivity index (χ2v) is 7.24. The molecule has 6 heteroatoms. The van der Waals surface area contributed by atoms with E-state index in [1.807, 2.05) is 55.5 Å². The molecule has 0 unspecified atom stereocenters. The fraction of sp³-hybridized carbons (Fsp3) is 0.167. The number of ether oxygens (including phenoxy) is 1. The number of amides is 1. The molecule has 2 aromatic heterocycles. The van der Waals surface area contributed by atoms with E-state index in [-0.39, 0.29) is 23.8 Å². The van der Waals surface area contributed by atoms with Crippen molar-refractivity contribution in [2.45, 2.75) is 20.1 Å². The number of aromatic nitrogens is 1. The summed E-state index contributed by atoms with van der Waals surface area (Å²) >= 11 is 0. The van der Waals surface area contributed by atoms with Crippen molar-refractivity contribution >= 4 is 16.8 Å². The number of furan rings is 1. The van der Waals surface area contributed by atoms with E-state index in [1.54, 1.807) is 19.2 Å². The number of H-pyrrole nitrogens is 1. The Morgan fingerprint density at radius 1 is 1.07 bits per heavy atom. The number of pyridine rings is 1. The van der Waals surface area contributed by atoms with E-state index in [9.17, 15) is 9.59 Å². The Kier molecular flexibility index (Phi) is 5.39. The van der Waals surface area contributed by atoms with Crippen LogP contribution in [0.2, 0.25) is 0 Å². The highest BCUT2D eigenvalue weighted by atomic mass is 16.5. The van der Waals surface area contributed by atoms with Crippen molar-refractivity contribution in [2.24, 2.45) is 0 Å². The molecule has 0 saturated carbocycles. The summed E-state index contributed by atoms with van der Waals surface area (Å²) in [7, 11) is 1.68. The average molecular weight is 402 g/mol. The van der Waals surface area contributed by atoms with Crippen LogP contribution < -0.4 is 10.3 Å². The van der Waals surface area contributed by atoms with Crippen LogP contribution in [0, 0.1) is 6.92 Å². The van der Waals surface area contributed by atoms with Gasteiger partial charge in [0, 0.05) is 30.6 Å². The molecule has 0 fully saturated rings. The van der Waals surface area contributed by atoms with E-state index in [0.717, 1.165) is 27.8 Å². The van der Waals surface area contributed by atoms with Gasteiger partial charge in [-0.2, -0.15) is 0 Å². The molecular weight excluding hydrogens is 380 g/mol. The van der Waals surface area contributed by atoms with Crippen LogP contribution in [0.1, 0.15) is 27.4 Å². The quantitative estimate of drug-likeness (QED) is 0.522. The molecule has 0 spiro atoms. The number of nitrogens with one attached hydrogen (secondary N) is 1. The predicted molar refractivity (Wildman–Crippen MR) is 115 cm³/mol. The molecule has 1 N–H and O–H groups in total. The molecule has 2 aromatic carbocycles. The minimum absolute atomic E-state index is 0.196. The summed E-state index contributed by atoms with van der Waals surface area (Å²) in [5, 5.41) is 0.906. The third kappa shape index (κ3) is 4.27. The standard InChI is InChI=1S/C24H22N2O4/c1-16-6-5-7-18(12-16)29-15-19-10-11-22(30-19)24(28)26(2)14-17-13-23(27)25-21-9-4-3-8-20(17)21/h3-13H,14-15H2,1-2H3,(H,25,27). The predicted octanol–water partition coefficient (Wildman–Crippen LogP) is 4.28. The van der Waals surface area contributed by atoms with E-state index in [4.69, 9.17) is 9.15 Å².